The van der Waals surface area contributed by atoms with Gasteiger partial charge in [-0.2, -0.15) is 5.26 Å². The fourth-order valence-electron chi connectivity index (χ4n) is 3.99. The Bertz CT molecular complexity index is 853. The monoisotopic (exact) mass is 424 g/mol. The molecule has 0 aromatic heterocycles. The summed E-state index contributed by atoms with van der Waals surface area (Å²) in [7, 11) is 7.13. The van der Waals surface area contributed by atoms with Gasteiger partial charge in [-0.1, -0.05) is 26.0 Å². The molecule has 1 atom stereocenters. The first-order chi connectivity index (χ1) is 14.9. The summed E-state index contributed by atoms with van der Waals surface area (Å²) in [5, 5.41) is 10.2. The highest BCUT2D eigenvalue weighted by molar-refractivity contribution is 5.39. The van der Waals surface area contributed by atoms with E-state index in [-0.39, 0.29) is 5.92 Å². The lowest BCUT2D eigenvalue weighted by molar-refractivity contribution is 0.293. The molecule has 0 saturated carbocycles. The van der Waals surface area contributed by atoms with Gasteiger partial charge in [0.1, 0.15) is 17.2 Å². The van der Waals surface area contributed by atoms with E-state index in [0.717, 1.165) is 55.2 Å². The van der Waals surface area contributed by atoms with Gasteiger partial charge < -0.3 is 19.1 Å². The van der Waals surface area contributed by atoms with Crippen molar-refractivity contribution in [2.45, 2.75) is 38.5 Å². The quantitative estimate of drug-likeness (QED) is 0.475. The minimum Gasteiger partial charge on any atom is -0.497 e. The highest BCUT2D eigenvalue weighted by atomic mass is 16.5. The van der Waals surface area contributed by atoms with E-state index in [1.807, 2.05) is 30.3 Å². The van der Waals surface area contributed by atoms with Crippen LogP contribution in [0.1, 0.15) is 37.8 Å². The van der Waals surface area contributed by atoms with Gasteiger partial charge in [-0.25, -0.2) is 0 Å². The molecular formula is C26H36N2O3. The second-order valence-corrected chi connectivity index (χ2v) is 8.35. The van der Waals surface area contributed by atoms with E-state index in [2.05, 4.69) is 44.0 Å². The molecule has 0 aliphatic heterocycles. The lowest BCUT2D eigenvalue weighted by Gasteiger charge is -2.32. The van der Waals surface area contributed by atoms with Gasteiger partial charge in [0.05, 0.1) is 32.8 Å². The lowest BCUT2D eigenvalue weighted by atomic mass is 9.70. The van der Waals surface area contributed by atoms with Crippen LogP contribution in [0.15, 0.2) is 42.5 Å². The molecule has 0 spiro atoms. The molecule has 1 unspecified atom stereocenters. The van der Waals surface area contributed by atoms with Gasteiger partial charge in [0.25, 0.3) is 0 Å². The van der Waals surface area contributed by atoms with Crippen molar-refractivity contribution in [3.8, 4) is 23.3 Å². The summed E-state index contributed by atoms with van der Waals surface area (Å²) in [6.07, 6.45) is 2.67. The average Bonchev–Trinajstić information content (AvgIpc) is 2.80. The molecule has 31 heavy (non-hydrogen) atoms. The summed E-state index contributed by atoms with van der Waals surface area (Å²) in [5.41, 5.74) is 1.71. The predicted molar refractivity (Wildman–Crippen MR) is 125 cm³/mol. The van der Waals surface area contributed by atoms with Crippen LogP contribution in [0.25, 0.3) is 0 Å². The molecular weight excluding hydrogens is 388 g/mol. The summed E-state index contributed by atoms with van der Waals surface area (Å²) >= 11 is 0. The number of ether oxygens (including phenoxy) is 3. The Balaban J connectivity index is 1.98. The van der Waals surface area contributed by atoms with Crippen molar-refractivity contribution in [2.24, 2.45) is 5.92 Å². The molecule has 168 valence electrons. The molecule has 0 N–H and O–H groups in total. The topological polar surface area (TPSA) is 54.7 Å². The third-order valence-electron chi connectivity index (χ3n) is 6.07. The van der Waals surface area contributed by atoms with Crippen molar-refractivity contribution < 1.29 is 14.2 Å². The van der Waals surface area contributed by atoms with E-state index in [9.17, 15) is 5.26 Å². The van der Waals surface area contributed by atoms with Crippen LogP contribution in [0.2, 0.25) is 0 Å². The predicted octanol–water partition coefficient (Wildman–Crippen LogP) is 5.08. The summed E-state index contributed by atoms with van der Waals surface area (Å²) in [4.78, 5) is 2.32. The minimum atomic E-state index is -0.518. The van der Waals surface area contributed by atoms with Crippen LogP contribution in [0.3, 0.4) is 0 Å². The molecule has 0 aliphatic rings. The Morgan fingerprint density at radius 1 is 0.935 bits per heavy atom. The van der Waals surface area contributed by atoms with Gasteiger partial charge in [-0.3, -0.25) is 0 Å². The van der Waals surface area contributed by atoms with Crippen LogP contribution in [0.4, 0.5) is 0 Å². The summed E-state index contributed by atoms with van der Waals surface area (Å²) in [5.74, 6) is 2.62. The normalized spacial score (nSPS) is 13.0. The third kappa shape index (κ3) is 6.38. The van der Waals surface area contributed by atoms with E-state index in [4.69, 9.17) is 14.2 Å². The van der Waals surface area contributed by atoms with Crippen LogP contribution in [-0.2, 0) is 11.8 Å². The summed E-state index contributed by atoms with van der Waals surface area (Å²) in [6, 6.07) is 16.6. The van der Waals surface area contributed by atoms with E-state index in [1.165, 1.54) is 5.56 Å². The molecule has 0 radical (unpaired) electrons. The fraction of sp³-hybridized carbons (Fsp3) is 0.500. The number of rotatable bonds is 12. The standard InChI is InChI=1S/C26H36N2O3/c1-20(2)26(19-27,22-9-7-10-23(17-22)29-4)12-8-13-28(3)14-11-21-15-24(30-5)18-25(16-21)31-6/h7,9-10,15-18,20H,8,11-14H2,1-6H3. The van der Waals surface area contributed by atoms with Gasteiger partial charge >= 0.3 is 0 Å². The Morgan fingerprint density at radius 2 is 1.58 bits per heavy atom. The molecule has 0 saturated heterocycles. The van der Waals surface area contributed by atoms with Gasteiger partial charge in [-0.15, -0.1) is 0 Å². The third-order valence-corrected chi connectivity index (χ3v) is 6.07. The molecule has 2 aromatic rings. The summed E-state index contributed by atoms with van der Waals surface area (Å²) < 4.78 is 16.1. The smallest absolute Gasteiger partial charge is 0.122 e. The fourth-order valence-corrected chi connectivity index (χ4v) is 3.99. The lowest BCUT2D eigenvalue weighted by Crippen LogP contribution is -2.32. The zero-order chi connectivity index (χ0) is 22.9. The van der Waals surface area contributed by atoms with Gasteiger partial charge in [0.2, 0.25) is 0 Å². The molecule has 5 nitrogen and oxygen atoms in total. The molecule has 0 aliphatic carbocycles. The van der Waals surface area contributed by atoms with Gasteiger partial charge in [0.15, 0.2) is 0 Å². The first-order valence-electron chi connectivity index (χ1n) is 10.8. The molecule has 2 rings (SSSR count). The largest absolute Gasteiger partial charge is 0.497 e. The highest BCUT2D eigenvalue weighted by Crippen LogP contribution is 2.38. The molecule has 0 amide bonds. The van der Waals surface area contributed by atoms with Crippen molar-refractivity contribution in [2.75, 3.05) is 41.5 Å². The van der Waals surface area contributed by atoms with Crippen molar-refractivity contribution in [1.82, 2.24) is 4.90 Å². The van der Waals surface area contributed by atoms with Crippen LogP contribution in [-0.4, -0.2) is 46.4 Å². The maximum absolute atomic E-state index is 10.2. The van der Waals surface area contributed by atoms with Crippen molar-refractivity contribution in [1.29, 1.82) is 5.26 Å². The van der Waals surface area contributed by atoms with E-state index < -0.39 is 5.41 Å². The molecule has 2 aromatic carbocycles. The number of hydrogen-bond donors (Lipinski definition) is 0. The number of nitrogens with zero attached hydrogens (tertiary/aromatic N) is 2. The molecule has 0 heterocycles. The molecule has 5 heteroatoms. The Hall–Kier alpha value is -2.71. The van der Waals surface area contributed by atoms with Gasteiger partial charge in [0, 0.05) is 12.6 Å². The first kappa shape index (κ1) is 24.6. The van der Waals surface area contributed by atoms with Crippen LogP contribution >= 0.6 is 0 Å². The number of likely N-dealkylation sites (N-methyl/N-ethyl adjacent to an activating group) is 1. The Kier molecular flexibility index (Phi) is 9.21. The minimum absolute atomic E-state index is 0.208. The van der Waals surface area contributed by atoms with E-state index in [0.29, 0.717) is 0 Å². The average molecular weight is 425 g/mol. The van der Waals surface area contributed by atoms with Crippen LogP contribution < -0.4 is 14.2 Å². The van der Waals surface area contributed by atoms with E-state index in [1.54, 1.807) is 21.3 Å². The molecule has 0 fully saturated rings. The number of hydrogen-bond acceptors (Lipinski definition) is 5. The van der Waals surface area contributed by atoms with Crippen molar-refractivity contribution >= 4 is 0 Å². The Labute approximate surface area is 187 Å². The maximum Gasteiger partial charge on any atom is 0.122 e. The van der Waals surface area contributed by atoms with Crippen molar-refractivity contribution in [3.63, 3.8) is 0 Å². The highest BCUT2D eigenvalue weighted by Gasteiger charge is 2.35. The molecule has 0 bridgehead atoms. The first-order valence-corrected chi connectivity index (χ1v) is 10.8. The Morgan fingerprint density at radius 3 is 2.13 bits per heavy atom. The van der Waals surface area contributed by atoms with Crippen molar-refractivity contribution in [3.05, 3.63) is 53.6 Å². The van der Waals surface area contributed by atoms with Crippen LogP contribution in [0.5, 0.6) is 17.2 Å². The second kappa shape index (κ2) is 11.6. The van der Waals surface area contributed by atoms with Crippen LogP contribution in [0, 0.1) is 17.2 Å². The number of methoxy groups -OCH3 is 3. The second-order valence-electron chi connectivity index (χ2n) is 8.35. The van der Waals surface area contributed by atoms with E-state index >= 15 is 0 Å². The summed E-state index contributed by atoms with van der Waals surface area (Å²) in [6.45, 7) is 6.11. The number of benzene rings is 2. The van der Waals surface area contributed by atoms with Gasteiger partial charge in [-0.05, 0) is 74.2 Å². The maximum atomic E-state index is 10.2. The zero-order valence-electron chi connectivity index (χ0n) is 19.8. The number of nitriles is 1. The zero-order valence-corrected chi connectivity index (χ0v) is 19.8. The SMILES string of the molecule is COc1cc(CCN(C)CCCC(C#N)(c2cccc(OC)c2)C(C)C)cc(OC)c1.